The van der Waals surface area contributed by atoms with Gasteiger partial charge < -0.3 is 14.0 Å². The summed E-state index contributed by atoms with van der Waals surface area (Å²) in [6, 6.07) is 3.34. The first-order chi connectivity index (χ1) is 10.8. The van der Waals surface area contributed by atoms with Gasteiger partial charge in [0.1, 0.15) is 0 Å². The van der Waals surface area contributed by atoms with Crippen molar-refractivity contribution in [2.45, 2.75) is 45.6 Å². The molecule has 0 saturated carbocycles. The first kappa shape index (κ1) is 18.3. The minimum Gasteiger partial charge on any atom is -0.593 e. The van der Waals surface area contributed by atoms with Gasteiger partial charge in [0.15, 0.2) is 10.9 Å². The molecule has 1 unspecified atom stereocenters. The van der Waals surface area contributed by atoms with Gasteiger partial charge in [-0.25, -0.2) is 0 Å². The molecule has 1 heterocycles. The summed E-state index contributed by atoms with van der Waals surface area (Å²) in [6.45, 7) is 10.8. The van der Waals surface area contributed by atoms with Gasteiger partial charge in [-0.05, 0) is 27.7 Å². The molecule has 1 aliphatic rings. The Bertz CT molecular complexity index is 563. The molecule has 1 aromatic carbocycles. The number of hydrogen-bond donors (Lipinski definition) is 1. The molecular weight excluding hydrogens is 314 g/mol. The lowest BCUT2D eigenvalue weighted by Crippen LogP contribution is -2.60. The number of carbonyl (C=O) groups excluding carboxylic acids is 1. The number of carbonyl (C=O) groups is 1. The Kier molecular flexibility index (Phi) is 5.73. The number of nitrogens with one attached hydrogen (secondary N) is 1. The van der Waals surface area contributed by atoms with Gasteiger partial charge in [0, 0.05) is 16.5 Å². The fraction of sp³-hybridized carbons (Fsp3) is 0.588. The van der Waals surface area contributed by atoms with Crippen LogP contribution in [-0.2, 0) is 25.6 Å². The van der Waals surface area contributed by atoms with Crippen LogP contribution < -0.4 is 4.72 Å². The molecule has 1 N–H and O–H groups in total. The zero-order chi connectivity index (χ0) is 17.2. The first-order valence-electron chi connectivity index (χ1n) is 7.78. The molecule has 1 aliphatic heterocycles. The minimum absolute atomic E-state index is 0.295. The van der Waals surface area contributed by atoms with Crippen molar-refractivity contribution in [1.82, 2.24) is 4.72 Å². The van der Waals surface area contributed by atoms with Crippen LogP contribution in [0.25, 0.3) is 0 Å². The van der Waals surface area contributed by atoms with Crippen LogP contribution in [0.3, 0.4) is 0 Å². The van der Waals surface area contributed by atoms with Crippen LogP contribution in [0, 0.1) is 26.2 Å². The van der Waals surface area contributed by atoms with Crippen LogP contribution in [0.5, 0.6) is 0 Å². The molecule has 23 heavy (non-hydrogen) atoms. The Balaban J connectivity index is 2.24. The summed E-state index contributed by atoms with van der Waals surface area (Å²) < 4.78 is 26.2. The molecule has 0 bridgehead atoms. The Morgan fingerprint density at radius 3 is 2.39 bits per heavy atom. The summed E-state index contributed by atoms with van der Waals surface area (Å²) in [4.78, 5) is 13.0. The van der Waals surface area contributed by atoms with Crippen LogP contribution in [0.15, 0.2) is 17.0 Å². The molecule has 2 rings (SSSR count). The van der Waals surface area contributed by atoms with E-state index in [0.29, 0.717) is 19.8 Å². The highest BCUT2D eigenvalue weighted by Crippen LogP contribution is 2.33. The van der Waals surface area contributed by atoms with Gasteiger partial charge in [0.2, 0.25) is 0 Å². The van der Waals surface area contributed by atoms with Crippen LogP contribution in [0.4, 0.5) is 0 Å². The third-order valence-electron chi connectivity index (χ3n) is 4.10. The molecule has 0 spiro atoms. The molecule has 6 heteroatoms. The predicted octanol–water partition coefficient (Wildman–Crippen LogP) is 2.19. The summed E-state index contributed by atoms with van der Waals surface area (Å²) in [5, 5.41) is 0. The molecular formula is C17H25NO4S. The van der Waals surface area contributed by atoms with Gasteiger partial charge in [0.25, 0.3) is 0 Å². The normalized spacial score (nSPS) is 18.9. The smallest absolute Gasteiger partial charge is 0.328 e. The molecule has 5 nitrogen and oxygen atoms in total. The van der Waals surface area contributed by atoms with Gasteiger partial charge in [-0.15, -0.1) is 4.72 Å². The van der Waals surface area contributed by atoms with Crippen molar-refractivity contribution >= 4 is 17.3 Å². The summed E-state index contributed by atoms with van der Waals surface area (Å²) in [7, 11) is 0. The van der Waals surface area contributed by atoms with E-state index in [4.69, 9.17) is 9.47 Å². The maximum Gasteiger partial charge on any atom is 0.328 e. The summed E-state index contributed by atoms with van der Waals surface area (Å²) in [6.07, 6.45) is 0. The van der Waals surface area contributed by atoms with Crippen molar-refractivity contribution in [3.8, 4) is 0 Å². The average Bonchev–Trinajstić information content (AvgIpc) is 2.41. The quantitative estimate of drug-likeness (QED) is 0.635. The summed E-state index contributed by atoms with van der Waals surface area (Å²) in [5.41, 5.74) is 2.63. The molecule has 0 radical (unpaired) electrons. The molecule has 0 amide bonds. The molecule has 1 saturated heterocycles. The van der Waals surface area contributed by atoms with Gasteiger partial charge in [0.05, 0.1) is 31.2 Å². The van der Waals surface area contributed by atoms with E-state index in [1.807, 2.05) is 39.8 Å². The number of benzene rings is 1. The Morgan fingerprint density at radius 1 is 1.39 bits per heavy atom. The van der Waals surface area contributed by atoms with Gasteiger partial charge >= 0.3 is 5.97 Å². The van der Waals surface area contributed by atoms with E-state index >= 15 is 0 Å². The van der Waals surface area contributed by atoms with Crippen LogP contribution in [0.1, 0.15) is 30.5 Å². The summed E-state index contributed by atoms with van der Waals surface area (Å²) >= 11 is -1.49. The molecule has 1 fully saturated rings. The molecule has 128 valence electrons. The third-order valence-corrected chi connectivity index (χ3v) is 5.56. The molecule has 0 aliphatic carbocycles. The van der Waals surface area contributed by atoms with Crippen molar-refractivity contribution in [3.05, 3.63) is 28.8 Å². The Labute approximate surface area is 141 Å². The zero-order valence-electron chi connectivity index (χ0n) is 14.4. The van der Waals surface area contributed by atoms with Gasteiger partial charge in [-0.1, -0.05) is 24.6 Å². The first-order valence-corrected chi connectivity index (χ1v) is 8.93. The highest BCUT2D eigenvalue weighted by molar-refractivity contribution is 7.89. The third kappa shape index (κ3) is 3.88. The Hall–Kier alpha value is -1.08. The number of esters is 1. The van der Waals surface area contributed by atoms with E-state index < -0.39 is 22.8 Å². The maximum absolute atomic E-state index is 12.9. The van der Waals surface area contributed by atoms with Crippen molar-refractivity contribution in [1.29, 1.82) is 0 Å². The highest BCUT2D eigenvalue weighted by atomic mass is 32.2. The highest BCUT2D eigenvalue weighted by Gasteiger charge is 2.49. The van der Waals surface area contributed by atoms with E-state index in [1.165, 1.54) is 0 Å². The fourth-order valence-corrected chi connectivity index (χ4v) is 4.33. The average molecular weight is 339 g/mol. The number of aryl methyl sites for hydroxylation is 3. The monoisotopic (exact) mass is 339 g/mol. The predicted molar refractivity (Wildman–Crippen MR) is 89.5 cm³/mol. The summed E-state index contributed by atoms with van der Waals surface area (Å²) in [5.74, 6) is -0.380. The van der Waals surface area contributed by atoms with Gasteiger partial charge in [-0.2, -0.15) is 0 Å². The molecule has 2 atom stereocenters. The topological polar surface area (TPSA) is 70.6 Å². The van der Waals surface area contributed by atoms with Crippen molar-refractivity contribution in [3.63, 3.8) is 0 Å². The zero-order valence-corrected chi connectivity index (χ0v) is 15.2. The van der Waals surface area contributed by atoms with Crippen molar-refractivity contribution < 1.29 is 18.8 Å². The van der Waals surface area contributed by atoms with Crippen LogP contribution in [-0.4, -0.2) is 36.4 Å². The second kappa shape index (κ2) is 7.21. The number of hydrogen-bond acceptors (Lipinski definition) is 5. The van der Waals surface area contributed by atoms with E-state index in [1.54, 1.807) is 6.92 Å². The van der Waals surface area contributed by atoms with E-state index in [0.717, 1.165) is 21.6 Å². The van der Waals surface area contributed by atoms with E-state index in [-0.39, 0.29) is 5.97 Å². The standard InChI is InChI=1S/C17H25NO4S/c1-6-22-16(19)15(17(5)9-21-10-17)18-23(20)14-12(3)7-11(2)8-13(14)4/h7-8,15,18H,6,9-10H2,1-5H3/t15-,23?/m1/s1. The second-order valence-corrected chi connectivity index (χ2v) is 7.63. The van der Waals surface area contributed by atoms with Crippen LogP contribution >= 0.6 is 0 Å². The fourth-order valence-electron chi connectivity index (χ4n) is 2.92. The second-order valence-electron chi connectivity index (χ2n) is 6.45. The largest absolute Gasteiger partial charge is 0.593 e. The van der Waals surface area contributed by atoms with Crippen molar-refractivity contribution in [2.75, 3.05) is 19.8 Å². The van der Waals surface area contributed by atoms with E-state index in [9.17, 15) is 9.35 Å². The molecule has 1 aromatic rings. The maximum atomic E-state index is 12.9. The number of ether oxygens (including phenoxy) is 2. The number of rotatable bonds is 6. The van der Waals surface area contributed by atoms with Gasteiger partial charge in [-0.3, -0.25) is 4.79 Å². The van der Waals surface area contributed by atoms with Crippen LogP contribution in [0.2, 0.25) is 0 Å². The molecule has 0 aromatic heterocycles. The van der Waals surface area contributed by atoms with Crippen molar-refractivity contribution in [2.24, 2.45) is 5.41 Å². The van der Waals surface area contributed by atoms with E-state index in [2.05, 4.69) is 4.72 Å². The lowest BCUT2D eigenvalue weighted by Gasteiger charge is -2.42. The minimum atomic E-state index is -1.49. The lowest BCUT2D eigenvalue weighted by molar-refractivity contribution is -0.165. The lowest BCUT2D eigenvalue weighted by atomic mass is 9.81. The SMILES string of the molecule is CCOC(=O)[C@@H](N[S+]([O-])c1c(C)cc(C)cc1C)C1(C)COC1. The Morgan fingerprint density at radius 2 is 1.96 bits per heavy atom.